The molecule has 0 aliphatic rings. The van der Waals surface area contributed by atoms with Crippen LogP contribution in [0.5, 0.6) is 0 Å². The molecule has 0 radical (unpaired) electrons. The molecule has 0 saturated carbocycles. The fraction of sp³-hybridized carbons (Fsp3) is 0.250. The van der Waals surface area contributed by atoms with Gasteiger partial charge in [0.15, 0.2) is 11.2 Å². The van der Waals surface area contributed by atoms with Gasteiger partial charge in [-0.1, -0.05) is 62.0 Å². The van der Waals surface area contributed by atoms with E-state index in [2.05, 4.69) is 27.2 Å². The van der Waals surface area contributed by atoms with E-state index < -0.39 is 17.2 Å². The third kappa shape index (κ3) is 4.64. The maximum Gasteiger partial charge on any atom is 0.332 e. The average Bonchev–Trinajstić information content (AvgIpc) is 3.65. The lowest BCUT2D eigenvalue weighted by atomic mass is 9.95. The Morgan fingerprint density at radius 3 is 2.40 bits per heavy atom. The lowest BCUT2D eigenvalue weighted by molar-refractivity contribution is -0.140. The molecule has 0 fully saturated rings. The van der Waals surface area contributed by atoms with Gasteiger partial charge in [0.2, 0.25) is 5.82 Å². The van der Waals surface area contributed by atoms with Gasteiger partial charge in [-0.05, 0) is 33.9 Å². The zero-order valence-corrected chi connectivity index (χ0v) is 22.4. The molecular formula is C28H28N8O4. The van der Waals surface area contributed by atoms with E-state index in [1.165, 1.54) is 11.7 Å². The summed E-state index contributed by atoms with van der Waals surface area (Å²) in [6.07, 6.45) is 0.478. The van der Waals surface area contributed by atoms with Gasteiger partial charge in [0, 0.05) is 19.2 Å². The first-order valence-electron chi connectivity index (χ1n) is 12.7. The summed E-state index contributed by atoms with van der Waals surface area (Å²) in [6, 6.07) is 15.6. The number of nitrogens with zero attached hydrogens (tertiary/aromatic N) is 7. The summed E-state index contributed by atoms with van der Waals surface area (Å²) in [6.45, 7) is 6.29. The Hall–Kier alpha value is -5.13. The first kappa shape index (κ1) is 26.5. The van der Waals surface area contributed by atoms with Crippen molar-refractivity contribution in [2.75, 3.05) is 7.11 Å². The first-order chi connectivity index (χ1) is 19.3. The lowest BCUT2D eigenvalue weighted by Crippen LogP contribution is -2.40. The second-order valence-corrected chi connectivity index (χ2v) is 9.21. The standard InChI is InChI=1S/C28H28N8O4/c1-5-17(2)25-29-26-23(27(38)35(28(39)34(26)3)15-14-22(37)40-4)36(25)16-18-10-6-7-11-19(18)20-12-8-9-13-21(20)24-30-32-33-31-24/h6-13H,2,5,14-16H2,1,3-4H3,(H,30,31,32,33). The van der Waals surface area contributed by atoms with Crippen molar-refractivity contribution < 1.29 is 9.53 Å². The number of aromatic amines is 1. The van der Waals surface area contributed by atoms with Gasteiger partial charge in [0.25, 0.3) is 5.56 Å². The van der Waals surface area contributed by atoms with Crippen LogP contribution in [0.3, 0.4) is 0 Å². The molecule has 3 aromatic heterocycles. The Morgan fingerprint density at radius 1 is 1.02 bits per heavy atom. The normalized spacial score (nSPS) is 11.2. The van der Waals surface area contributed by atoms with Crippen LogP contribution in [0, 0.1) is 0 Å². The van der Waals surface area contributed by atoms with E-state index in [9.17, 15) is 14.4 Å². The Labute approximate surface area is 228 Å². The number of aryl methyl sites for hydroxylation is 1. The number of tetrazole rings is 1. The molecule has 0 atom stereocenters. The van der Waals surface area contributed by atoms with Crippen molar-refractivity contribution in [1.82, 2.24) is 39.3 Å². The Morgan fingerprint density at radius 2 is 1.73 bits per heavy atom. The number of ether oxygens (including phenoxy) is 1. The number of fused-ring (bicyclic) bond motifs is 1. The van der Waals surface area contributed by atoms with Crippen LogP contribution in [0.2, 0.25) is 0 Å². The van der Waals surface area contributed by atoms with Gasteiger partial charge < -0.3 is 9.30 Å². The van der Waals surface area contributed by atoms with Crippen LogP contribution in [0.15, 0.2) is 64.7 Å². The van der Waals surface area contributed by atoms with Crippen LogP contribution in [0.4, 0.5) is 0 Å². The van der Waals surface area contributed by atoms with Gasteiger partial charge in [-0.15, -0.1) is 10.2 Å². The molecule has 40 heavy (non-hydrogen) atoms. The SMILES string of the molecule is C=C(CC)c1nc2c(c(=O)n(CCC(=O)OC)c(=O)n2C)n1Cc1ccccc1-c1ccccc1-c1nn[nH]n1. The molecule has 5 rings (SSSR count). The predicted molar refractivity (Wildman–Crippen MR) is 149 cm³/mol. The van der Waals surface area contributed by atoms with E-state index in [1.807, 2.05) is 55.5 Å². The summed E-state index contributed by atoms with van der Waals surface area (Å²) in [5.74, 6) is 0.454. The van der Waals surface area contributed by atoms with Crippen LogP contribution < -0.4 is 11.2 Å². The van der Waals surface area contributed by atoms with E-state index >= 15 is 0 Å². The fourth-order valence-corrected chi connectivity index (χ4v) is 4.74. The second-order valence-electron chi connectivity index (χ2n) is 9.21. The molecule has 0 spiro atoms. The number of benzene rings is 2. The Kier molecular flexibility index (Phi) is 7.23. The van der Waals surface area contributed by atoms with E-state index in [1.54, 1.807) is 11.6 Å². The maximum atomic E-state index is 13.8. The minimum Gasteiger partial charge on any atom is -0.469 e. The highest BCUT2D eigenvalue weighted by Crippen LogP contribution is 2.33. The number of methoxy groups -OCH3 is 1. The number of nitrogens with one attached hydrogen (secondary N) is 1. The minimum absolute atomic E-state index is 0.113. The summed E-state index contributed by atoms with van der Waals surface area (Å²) in [7, 11) is 2.82. The number of imidazole rings is 1. The number of hydrogen-bond donors (Lipinski definition) is 1. The molecule has 2 aromatic carbocycles. The lowest BCUT2D eigenvalue weighted by Gasteiger charge is -2.16. The van der Waals surface area contributed by atoms with Crippen molar-refractivity contribution in [3.63, 3.8) is 0 Å². The van der Waals surface area contributed by atoms with Gasteiger partial charge in [-0.3, -0.25) is 18.7 Å². The number of aromatic nitrogens is 8. The number of carbonyl (C=O) groups excluding carboxylic acids is 1. The van der Waals surface area contributed by atoms with Gasteiger partial charge in [0.1, 0.15) is 5.82 Å². The molecule has 0 amide bonds. The van der Waals surface area contributed by atoms with E-state index in [0.717, 1.165) is 26.8 Å². The summed E-state index contributed by atoms with van der Waals surface area (Å²) < 4.78 is 8.88. The first-order valence-corrected chi connectivity index (χ1v) is 12.7. The van der Waals surface area contributed by atoms with Crippen molar-refractivity contribution in [3.05, 3.63) is 87.3 Å². The maximum absolute atomic E-state index is 13.8. The predicted octanol–water partition coefficient (Wildman–Crippen LogP) is 2.78. The van der Waals surface area contributed by atoms with Crippen molar-refractivity contribution in [3.8, 4) is 22.5 Å². The second kappa shape index (κ2) is 10.9. The van der Waals surface area contributed by atoms with Gasteiger partial charge in [-0.25, -0.2) is 9.78 Å². The quantitative estimate of drug-likeness (QED) is 0.281. The van der Waals surface area contributed by atoms with Crippen LogP contribution in [-0.4, -0.2) is 52.4 Å². The largest absolute Gasteiger partial charge is 0.469 e. The molecule has 0 aliphatic heterocycles. The van der Waals surface area contributed by atoms with E-state index in [4.69, 9.17) is 9.72 Å². The van der Waals surface area contributed by atoms with Crippen LogP contribution >= 0.6 is 0 Å². The van der Waals surface area contributed by atoms with Gasteiger partial charge >= 0.3 is 11.7 Å². The topological polar surface area (TPSA) is 143 Å². The molecule has 5 aromatic rings. The number of esters is 1. The van der Waals surface area contributed by atoms with Crippen molar-refractivity contribution in [2.45, 2.75) is 32.9 Å². The molecule has 0 aliphatic carbocycles. The zero-order valence-electron chi connectivity index (χ0n) is 22.4. The van der Waals surface area contributed by atoms with Crippen LogP contribution in [0.25, 0.3) is 39.3 Å². The third-order valence-corrected chi connectivity index (χ3v) is 6.89. The molecular weight excluding hydrogens is 512 g/mol. The summed E-state index contributed by atoms with van der Waals surface area (Å²) in [4.78, 5) is 43.4. The molecule has 12 nitrogen and oxygen atoms in total. The fourth-order valence-electron chi connectivity index (χ4n) is 4.74. The average molecular weight is 541 g/mol. The number of allylic oxidation sites excluding steroid dienone is 1. The van der Waals surface area contributed by atoms with Crippen LogP contribution in [0.1, 0.15) is 31.2 Å². The van der Waals surface area contributed by atoms with Crippen molar-refractivity contribution >= 4 is 22.7 Å². The summed E-state index contributed by atoms with van der Waals surface area (Å²) in [5.41, 5.74) is 3.62. The van der Waals surface area contributed by atoms with Gasteiger partial charge in [-0.2, -0.15) is 5.21 Å². The highest BCUT2D eigenvalue weighted by molar-refractivity contribution is 5.82. The van der Waals surface area contributed by atoms with Crippen LogP contribution in [-0.2, 0) is 29.7 Å². The Balaban J connectivity index is 1.72. The van der Waals surface area contributed by atoms with Gasteiger partial charge in [0.05, 0.1) is 20.1 Å². The molecule has 0 saturated heterocycles. The zero-order chi connectivity index (χ0) is 28.4. The number of hydrogen-bond acceptors (Lipinski definition) is 8. The summed E-state index contributed by atoms with van der Waals surface area (Å²) in [5, 5.41) is 14.5. The highest BCUT2D eigenvalue weighted by atomic mass is 16.5. The monoisotopic (exact) mass is 540 g/mol. The smallest absolute Gasteiger partial charge is 0.332 e. The third-order valence-electron chi connectivity index (χ3n) is 6.89. The molecule has 12 heteroatoms. The van der Waals surface area contributed by atoms with Crippen molar-refractivity contribution in [1.29, 1.82) is 0 Å². The highest BCUT2D eigenvalue weighted by Gasteiger charge is 2.23. The van der Waals surface area contributed by atoms with E-state index in [-0.39, 0.29) is 30.7 Å². The minimum atomic E-state index is -0.561. The number of H-pyrrole nitrogens is 1. The molecule has 0 bridgehead atoms. The van der Waals surface area contributed by atoms with Crippen molar-refractivity contribution in [2.24, 2.45) is 7.05 Å². The Bertz CT molecular complexity index is 1850. The number of carbonyl (C=O) groups is 1. The molecule has 204 valence electrons. The number of rotatable bonds is 9. The summed E-state index contributed by atoms with van der Waals surface area (Å²) >= 11 is 0. The molecule has 1 N–H and O–H groups in total. The molecule has 3 heterocycles. The van der Waals surface area contributed by atoms with E-state index in [0.29, 0.717) is 23.6 Å². The molecule has 0 unspecified atom stereocenters.